The Hall–Kier alpha value is -2.20. The molecule has 1 N–H and O–H groups in total. The number of carbonyl (C=O) groups excluding carboxylic acids is 1. The topological polar surface area (TPSA) is 87.1 Å². The summed E-state index contributed by atoms with van der Waals surface area (Å²) in [5.74, 6) is 0.755. The van der Waals surface area contributed by atoms with Gasteiger partial charge < -0.3 is 10.1 Å². The van der Waals surface area contributed by atoms with Crippen LogP contribution in [-0.4, -0.2) is 19.6 Å². The molecule has 6 heteroatoms. The first kappa shape index (κ1) is 14.9. The Labute approximate surface area is 112 Å². The number of nitrogens with one attached hydrogen (secondary N) is 1. The largest absolute Gasteiger partial charge is 0.497 e. The summed E-state index contributed by atoms with van der Waals surface area (Å²) in [6.07, 6.45) is 2.97. The van der Waals surface area contributed by atoms with E-state index in [1.54, 1.807) is 31.4 Å². The van der Waals surface area contributed by atoms with E-state index in [0.29, 0.717) is 13.0 Å². The number of amides is 1. The molecule has 0 aliphatic heterocycles. The van der Waals surface area contributed by atoms with Crippen molar-refractivity contribution in [1.82, 2.24) is 0 Å². The van der Waals surface area contributed by atoms with Crippen molar-refractivity contribution in [2.24, 2.45) is 5.11 Å². The zero-order valence-corrected chi connectivity index (χ0v) is 11.0. The fourth-order valence-electron chi connectivity index (χ4n) is 1.59. The number of methoxy groups -OCH3 is 1. The predicted octanol–water partition coefficient (Wildman–Crippen LogP) is 3.50. The lowest BCUT2D eigenvalue weighted by Crippen LogP contribution is -2.10. The SMILES string of the molecule is COc1ccc(NC(=O)CCCCCN=[N+]=[N-])cc1. The van der Waals surface area contributed by atoms with Crippen molar-refractivity contribution in [2.45, 2.75) is 25.7 Å². The highest BCUT2D eigenvalue weighted by Crippen LogP contribution is 2.15. The third kappa shape index (κ3) is 6.33. The number of anilines is 1. The Bertz CT molecular complexity index is 438. The van der Waals surface area contributed by atoms with Crippen LogP contribution in [0.2, 0.25) is 0 Å². The van der Waals surface area contributed by atoms with Gasteiger partial charge in [-0.25, -0.2) is 0 Å². The number of unbranched alkanes of at least 4 members (excludes halogenated alkanes) is 2. The molecule has 0 spiro atoms. The van der Waals surface area contributed by atoms with Gasteiger partial charge in [-0.2, -0.15) is 0 Å². The number of hydrogen-bond acceptors (Lipinski definition) is 3. The molecule has 0 saturated heterocycles. The quantitative estimate of drug-likeness (QED) is 0.336. The molecule has 0 fully saturated rings. The van der Waals surface area contributed by atoms with Crippen LogP contribution >= 0.6 is 0 Å². The molecule has 1 aromatic rings. The van der Waals surface area contributed by atoms with E-state index in [2.05, 4.69) is 15.3 Å². The molecule has 0 unspecified atom stereocenters. The minimum absolute atomic E-state index is 0.00560. The minimum atomic E-state index is -0.00560. The molecule has 102 valence electrons. The van der Waals surface area contributed by atoms with Gasteiger partial charge in [-0.1, -0.05) is 11.5 Å². The maximum Gasteiger partial charge on any atom is 0.224 e. The Morgan fingerprint density at radius 1 is 1.32 bits per heavy atom. The highest BCUT2D eigenvalue weighted by atomic mass is 16.5. The van der Waals surface area contributed by atoms with Crippen LogP contribution in [0.3, 0.4) is 0 Å². The van der Waals surface area contributed by atoms with Gasteiger partial charge in [-0.3, -0.25) is 4.79 Å². The minimum Gasteiger partial charge on any atom is -0.497 e. The second-order valence-electron chi connectivity index (χ2n) is 4.04. The number of azide groups is 1. The van der Waals surface area contributed by atoms with Crippen LogP contribution in [0.5, 0.6) is 5.75 Å². The van der Waals surface area contributed by atoms with Crippen molar-refractivity contribution in [3.63, 3.8) is 0 Å². The van der Waals surface area contributed by atoms with E-state index in [4.69, 9.17) is 10.3 Å². The van der Waals surface area contributed by atoms with E-state index >= 15 is 0 Å². The van der Waals surface area contributed by atoms with Crippen LogP contribution in [-0.2, 0) is 4.79 Å². The number of carbonyl (C=O) groups is 1. The summed E-state index contributed by atoms with van der Waals surface area (Å²) >= 11 is 0. The van der Waals surface area contributed by atoms with Gasteiger partial charge >= 0.3 is 0 Å². The Kier molecular flexibility index (Phi) is 6.90. The molecule has 1 aromatic carbocycles. The summed E-state index contributed by atoms with van der Waals surface area (Å²) in [5, 5.41) is 6.26. The van der Waals surface area contributed by atoms with E-state index in [0.717, 1.165) is 30.7 Å². The summed E-state index contributed by atoms with van der Waals surface area (Å²) < 4.78 is 5.04. The summed E-state index contributed by atoms with van der Waals surface area (Å²) in [6.45, 7) is 0.497. The molecule has 0 saturated carbocycles. The number of hydrogen-bond donors (Lipinski definition) is 1. The van der Waals surface area contributed by atoms with E-state index in [1.165, 1.54) is 0 Å². The van der Waals surface area contributed by atoms with Gasteiger partial charge in [0.2, 0.25) is 5.91 Å². The van der Waals surface area contributed by atoms with E-state index in [9.17, 15) is 4.79 Å². The van der Waals surface area contributed by atoms with Crippen molar-refractivity contribution in [3.05, 3.63) is 34.7 Å². The Morgan fingerprint density at radius 2 is 2.05 bits per heavy atom. The van der Waals surface area contributed by atoms with Crippen LogP contribution in [0.25, 0.3) is 10.4 Å². The molecule has 1 rings (SSSR count). The third-order valence-corrected chi connectivity index (χ3v) is 2.60. The fourth-order valence-corrected chi connectivity index (χ4v) is 1.59. The molecule has 19 heavy (non-hydrogen) atoms. The smallest absolute Gasteiger partial charge is 0.224 e. The molecule has 6 nitrogen and oxygen atoms in total. The highest BCUT2D eigenvalue weighted by Gasteiger charge is 2.02. The van der Waals surface area contributed by atoms with Crippen molar-refractivity contribution in [2.75, 3.05) is 19.0 Å². The maximum atomic E-state index is 11.6. The summed E-state index contributed by atoms with van der Waals surface area (Å²) in [7, 11) is 1.60. The van der Waals surface area contributed by atoms with Gasteiger partial charge in [0.25, 0.3) is 0 Å². The van der Waals surface area contributed by atoms with Crippen molar-refractivity contribution < 1.29 is 9.53 Å². The van der Waals surface area contributed by atoms with Crippen molar-refractivity contribution in [3.8, 4) is 5.75 Å². The fraction of sp³-hybridized carbons (Fsp3) is 0.462. The molecule has 0 heterocycles. The number of nitrogens with zero attached hydrogens (tertiary/aromatic N) is 3. The van der Waals surface area contributed by atoms with E-state index < -0.39 is 0 Å². The van der Waals surface area contributed by atoms with Crippen LogP contribution in [0.15, 0.2) is 29.4 Å². The number of rotatable bonds is 8. The monoisotopic (exact) mass is 262 g/mol. The van der Waals surface area contributed by atoms with Crippen molar-refractivity contribution in [1.29, 1.82) is 0 Å². The van der Waals surface area contributed by atoms with Crippen LogP contribution in [0.1, 0.15) is 25.7 Å². The average molecular weight is 262 g/mol. The molecular formula is C13H18N4O2. The molecule has 0 radical (unpaired) electrons. The molecule has 0 aromatic heterocycles. The first-order valence-corrected chi connectivity index (χ1v) is 6.21. The molecule has 0 aliphatic carbocycles. The van der Waals surface area contributed by atoms with Crippen LogP contribution in [0, 0.1) is 0 Å². The molecule has 0 bridgehead atoms. The molecule has 0 atom stereocenters. The summed E-state index contributed by atoms with van der Waals surface area (Å²) in [4.78, 5) is 14.3. The van der Waals surface area contributed by atoms with Gasteiger partial charge in [-0.05, 0) is 42.6 Å². The first-order chi connectivity index (χ1) is 9.26. The third-order valence-electron chi connectivity index (χ3n) is 2.60. The van der Waals surface area contributed by atoms with Crippen molar-refractivity contribution >= 4 is 11.6 Å². The zero-order chi connectivity index (χ0) is 13.9. The average Bonchev–Trinajstić information content (AvgIpc) is 2.43. The highest BCUT2D eigenvalue weighted by molar-refractivity contribution is 5.90. The Balaban J connectivity index is 2.21. The van der Waals surface area contributed by atoms with Gasteiger partial charge in [0.15, 0.2) is 0 Å². The molecule has 0 aliphatic rings. The normalized spacial score (nSPS) is 9.53. The lowest BCUT2D eigenvalue weighted by molar-refractivity contribution is -0.116. The molecular weight excluding hydrogens is 244 g/mol. The van der Waals surface area contributed by atoms with E-state index in [1.807, 2.05) is 0 Å². The lowest BCUT2D eigenvalue weighted by atomic mass is 10.2. The first-order valence-electron chi connectivity index (χ1n) is 6.21. The van der Waals surface area contributed by atoms with E-state index in [-0.39, 0.29) is 5.91 Å². The second-order valence-corrected chi connectivity index (χ2v) is 4.04. The second kappa shape index (κ2) is 8.83. The van der Waals surface area contributed by atoms with Crippen LogP contribution in [0.4, 0.5) is 5.69 Å². The van der Waals surface area contributed by atoms with Gasteiger partial charge in [-0.15, -0.1) is 0 Å². The van der Waals surface area contributed by atoms with Crippen LogP contribution < -0.4 is 10.1 Å². The summed E-state index contributed by atoms with van der Waals surface area (Å²) in [5.41, 5.74) is 8.86. The predicted molar refractivity (Wildman–Crippen MR) is 74.1 cm³/mol. The van der Waals surface area contributed by atoms with Gasteiger partial charge in [0.1, 0.15) is 5.75 Å². The Morgan fingerprint density at radius 3 is 2.68 bits per heavy atom. The molecule has 1 amide bonds. The zero-order valence-electron chi connectivity index (χ0n) is 11.0. The lowest BCUT2D eigenvalue weighted by Gasteiger charge is -2.06. The number of ether oxygens (including phenoxy) is 1. The summed E-state index contributed by atoms with van der Waals surface area (Å²) in [6, 6.07) is 7.21. The standard InChI is InChI=1S/C13H18N4O2/c1-19-12-8-6-11(7-9-12)16-13(18)5-3-2-4-10-15-17-14/h6-9H,2-5,10H2,1H3,(H,16,18). The maximum absolute atomic E-state index is 11.6. The van der Waals surface area contributed by atoms with Gasteiger partial charge in [0, 0.05) is 23.6 Å². The number of benzene rings is 1. The van der Waals surface area contributed by atoms with Gasteiger partial charge in [0.05, 0.1) is 7.11 Å².